The fourth-order valence-corrected chi connectivity index (χ4v) is 8.54. The number of phenols is 1. The second kappa shape index (κ2) is 9.92. The number of carbonyl (C=O) groups excluding carboxylic acids is 5. The molecule has 3 fully saturated rings. The van der Waals surface area contributed by atoms with Crippen LogP contribution in [-0.4, -0.2) is 61.7 Å². The molecule has 2 saturated heterocycles. The number of anilines is 1. The zero-order valence-electron chi connectivity index (χ0n) is 22.5. The lowest BCUT2D eigenvalue weighted by atomic mass is 9.56. The van der Waals surface area contributed by atoms with Crippen molar-refractivity contribution in [2.45, 2.75) is 35.4 Å². The van der Waals surface area contributed by atoms with Crippen LogP contribution in [0.25, 0.3) is 0 Å². The topological polar surface area (TPSA) is 121 Å². The van der Waals surface area contributed by atoms with Gasteiger partial charge in [-0.1, -0.05) is 33.6 Å². The van der Waals surface area contributed by atoms with Crippen molar-refractivity contribution in [1.82, 2.24) is 4.90 Å². The van der Waals surface area contributed by atoms with E-state index in [9.17, 15) is 29.1 Å². The molecular weight excluding hydrogens is 651 g/mol. The van der Waals surface area contributed by atoms with Crippen molar-refractivity contribution in [2.75, 3.05) is 17.5 Å². The van der Waals surface area contributed by atoms with E-state index in [-0.39, 0.29) is 35.6 Å². The molecule has 4 amide bonds. The fraction of sp³-hybridized carbons (Fsp3) is 0.367. The Hall–Kier alpha value is -3.21. The summed E-state index contributed by atoms with van der Waals surface area (Å²) in [6.07, 6.45) is 1.88. The van der Waals surface area contributed by atoms with E-state index in [1.54, 1.807) is 30.3 Å². The Bertz CT molecular complexity index is 1610. The average molecular weight is 676 g/mol. The lowest BCUT2D eigenvalue weighted by Crippen LogP contribution is -2.60. The summed E-state index contributed by atoms with van der Waals surface area (Å²) in [5, 5.41) is 10.6. The number of fused-ring (bicyclic) bond motifs is 4. The normalized spacial score (nSPS) is 32.0. The van der Waals surface area contributed by atoms with Crippen molar-refractivity contribution < 1.29 is 33.8 Å². The van der Waals surface area contributed by atoms with E-state index in [1.165, 1.54) is 26.2 Å². The first kappa shape index (κ1) is 28.9. The molecule has 1 saturated carbocycles. The number of alkyl halides is 3. The number of carbonyl (C=O) groups is 5. The Labute approximate surface area is 259 Å². The first-order chi connectivity index (χ1) is 19.9. The fourth-order valence-electron chi connectivity index (χ4n) is 7.11. The molecule has 0 radical (unpaired) electrons. The number of amides is 4. The highest BCUT2D eigenvalue weighted by molar-refractivity contribution is 9.09. The van der Waals surface area contributed by atoms with Crippen LogP contribution in [0, 0.1) is 17.8 Å². The molecule has 6 atom stereocenters. The number of hydrogen-bond donors (Lipinski definition) is 1. The van der Waals surface area contributed by atoms with Crippen LogP contribution < -0.4 is 9.64 Å². The maximum absolute atomic E-state index is 14.1. The molecule has 6 rings (SSSR count). The molecule has 12 heteroatoms. The van der Waals surface area contributed by atoms with Gasteiger partial charge in [0, 0.05) is 11.5 Å². The number of benzene rings is 2. The van der Waals surface area contributed by atoms with Gasteiger partial charge < -0.3 is 9.84 Å². The first-order valence-corrected chi connectivity index (χ1v) is 15.1. The van der Waals surface area contributed by atoms with Crippen molar-refractivity contribution in [1.29, 1.82) is 0 Å². The van der Waals surface area contributed by atoms with Gasteiger partial charge in [-0.15, -0.1) is 23.2 Å². The van der Waals surface area contributed by atoms with E-state index in [1.807, 2.05) is 6.08 Å². The van der Waals surface area contributed by atoms with E-state index in [0.717, 1.165) is 9.80 Å². The molecule has 9 nitrogen and oxygen atoms in total. The molecule has 2 aromatic carbocycles. The van der Waals surface area contributed by atoms with E-state index < -0.39 is 57.0 Å². The average Bonchev–Trinajstić information content (AvgIpc) is 3.30. The molecule has 2 aromatic rings. The molecule has 2 aliphatic carbocycles. The lowest BCUT2D eigenvalue weighted by molar-refractivity contribution is -0.138. The molecule has 4 aliphatic rings. The number of imide groups is 2. The third-order valence-electron chi connectivity index (χ3n) is 9.08. The summed E-state index contributed by atoms with van der Waals surface area (Å²) in [6, 6.07) is 10.8. The van der Waals surface area contributed by atoms with E-state index in [0.29, 0.717) is 22.4 Å². The zero-order chi connectivity index (χ0) is 30.3. The van der Waals surface area contributed by atoms with Crippen LogP contribution in [0.3, 0.4) is 0 Å². The number of allylic oxidation sites excluding steroid dienone is 2. The summed E-state index contributed by atoms with van der Waals surface area (Å²) in [5.74, 6) is -5.66. The summed E-state index contributed by atoms with van der Waals surface area (Å²) >= 11 is 17.6. The standard InChI is InChI=1S/C30H25BrCl2N2O7/c1-14(36)15-3-6-17(7-4-15)35-25(38)19-9-8-18-20(23(19)26(35)39)12-29(32)27(40)34(13-31)28(41)30(29,33)24(18)16-5-10-22(42-2)21(37)11-16/h3-8,10-11,19-20,23-24,37H,9,12-13H2,1-2H3/t19-,20+,23-,24-,29+,30-/m0/s1. The van der Waals surface area contributed by atoms with Gasteiger partial charge in [0.15, 0.2) is 27.0 Å². The van der Waals surface area contributed by atoms with Gasteiger partial charge >= 0.3 is 0 Å². The van der Waals surface area contributed by atoms with Crippen LogP contribution in [-0.2, 0) is 19.2 Å². The van der Waals surface area contributed by atoms with Crippen LogP contribution in [0.2, 0.25) is 0 Å². The quantitative estimate of drug-likeness (QED) is 0.163. The molecule has 42 heavy (non-hydrogen) atoms. The van der Waals surface area contributed by atoms with E-state index in [4.69, 9.17) is 27.9 Å². The van der Waals surface area contributed by atoms with Gasteiger partial charge in [-0.3, -0.25) is 33.8 Å². The van der Waals surface area contributed by atoms with Crippen molar-refractivity contribution in [2.24, 2.45) is 17.8 Å². The van der Waals surface area contributed by atoms with Gasteiger partial charge in [0.05, 0.1) is 30.1 Å². The molecule has 0 spiro atoms. The minimum Gasteiger partial charge on any atom is -0.504 e. The van der Waals surface area contributed by atoms with Crippen molar-refractivity contribution >= 4 is 74.2 Å². The number of halogens is 3. The highest BCUT2D eigenvalue weighted by Gasteiger charge is 2.76. The van der Waals surface area contributed by atoms with Gasteiger partial charge in [0.2, 0.25) is 11.8 Å². The van der Waals surface area contributed by atoms with Gasteiger partial charge in [-0.25, -0.2) is 0 Å². The summed E-state index contributed by atoms with van der Waals surface area (Å²) in [5.41, 5.74) is 1.67. The number of nitrogens with zero attached hydrogens (tertiary/aromatic N) is 2. The SMILES string of the molecule is COc1ccc([C@H]2C3=CC[C@@H]4C(=O)N(c5ccc(C(C)=O)cc5)C(=O)[C@@H]4[C@@H]3C[C@@]3(Cl)C(=O)N(CBr)C(=O)[C@@]23Cl)cc1O. The van der Waals surface area contributed by atoms with Gasteiger partial charge in [0.25, 0.3) is 11.8 Å². The number of Topliss-reactive ketones (excluding diaryl/α,β-unsaturated/α-hetero) is 1. The smallest absolute Gasteiger partial charge is 0.254 e. The van der Waals surface area contributed by atoms with E-state index >= 15 is 0 Å². The molecule has 0 bridgehead atoms. The predicted molar refractivity (Wildman–Crippen MR) is 157 cm³/mol. The number of ether oxygens (including phenoxy) is 1. The maximum atomic E-state index is 14.1. The number of likely N-dealkylation sites (tertiary alicyclic amines) is 1. The number of rotatable bonds is 5. The molecular formula is C30H25BrCl2N2O7. The Morgan fingerprint density at radius 2 is 1.74 bits per heavy atom. The summed E-state index contributed by atoms with van der Waals surface area (Å²) in [4.78, 5) is 65.2. The molecule has 2 aliphatic heterocycles. The predicted octanol–water partition coefficient (Wildman–Crippen LogP) is 4.52. The third-order valence-corrected chi connectivity index (χ3v) is 11.0. The van der Waals surface area contributed by atoms with Gasteiger partial charge in [-0.05, 0) is 67.6 Å². The van der Waals surface area contributed by atoms with Crippen molar-refractivity contribution in [3.63, 3.8) is 0 Å². The summed E-state index contributed by atoms with van der Waals surface area (Å²) in [6.45, 7) is 1.43. The van der Waals surface area contributed by atoms with Crippen molar-refractivity contribution in [3.05, 3.63) is 65.2 Å². The second-order valence-electron chi connectivity index (χ2n) is 11.0. The molecule has 1 N–H and O–H groups in total. The first-order valence-electron chi connectivity index (χ1n) is 13.3. The van der Waals surface area contributed by atoms with Crippen LogP contribution in [0.5, 0.6) is 11.5 Å². The summed E-state index contributed by atoms with van der Waals surface area (Å²) in [7, 11) is 1.40. The van der Waals surface area contributed by atoms with Crippen LogP contribution in [0.4, 0.5) is 5.69 Å². The number of methoxy groups -OCH3 is 1. The molecule has 0 unspecified atom stereocenters. The monoisotopic (exact) mass is 674 g/mol. The third kappa shape index (κ3) is 3.70. The van der Waals surface area contributed by atoms with Crippen LogP contribution >= 0.6 is 39.1 Å². The highest BCUT2D eigenvalue weighted by Crippen LogP contribution is 2.65. The Balaban J connectivity index is 1.49. The largest absolute Gasteiger partial charge is 0.504 e. The summed E-state index contributed by atoms with van der Waals surface area (Å²) < 4.78 is 5.19. The van der Waals surface area contributed by atoms with Crippen molar-refractivity contribution in [3.8, 4) is 11.5 Å². The number of hydrogen-bond acceptors (Lipinski definition) is 7. The Morgan fingerprint density at radius 1 is 1.05 bits per heavy atom. The van der Waals surface area contributed by atoms with Gasteiger partial charge in [0.1, 0.15) is 0 Å². The molecule has 218 valence electrons. The number of aromatic hydroxyl groups is 1. The van der Waals surface area contributed by atoms with E-state index in [2.05, 4.69) is 15.9 Å². The van der Waals surface area contributed by atoms with Crippen LogP contribution in [0.15, 0.2) is 54.1 Å². The lowest BCUT2D eigenvalue weighted by Gasteiger charge is -2.50. The minimum absolute atomic E-state index is 0.134. The zero-order valence-corrected chi connectivity index (χ0v) is 25.6. The number of ketones is 1. The Morgan fingerprint density at radius 3 is 2.33 bits per heavy atom. The minimum atomic E-state index is -1.97. The highest BCUT2D eigenvalue weighted by atomic mass is 79.9. The van der Waals surface area contributed by atoms with Gasteiger partial charge in [-0.2, -0.15) is 0 Å². The maximum Gasteiger partial charge on any atom is 0.254 e. The van der Waals surface area contributed by atoms with Crippen LogP contribution in [0.1, 0.15) is 41.6 Å². The second-order valence-corrected chi connectivity index (χ2v) is 12.8. The molecule has 2 heterocycles. The molecule has 0 aromatic heterocycles. The number of phenolic OH excluding ortho intramolecular Hbond substituents is 1. The Kier molecular flexibility index (Phi) is 6.83.